The van der Waals surface area contributed by atoms with E-state index in [4.69, 9.17) is 15.9 Å². The summed E-state index contributed by atoms with van der Waals surface area (Å²) in [6.45, 7) is -0.274. The Kier molecular flexibility index (Phi) is 3.65. The molecule has 1 rings (SSSR count). The molecule has 0 aliphatic heterocycles. The van der Waals surface area contributed by atoms with Gasteiger partial charge in [-0.25, -0.2) is 4.79 Å². The van der Waals surface area contributed by atoms with Crippen LogP contribution < -0.4 is 11.1 Å². The Morgan fingerprint density at radius 1 is 1.47 bits per heavy atom. The van der Waals surface area contributed by atoms with Gasteiger partial charge in [0.1, 0.15) is 0 Å². The van der Waals surface area contributed by atoms with Gasteiger partial charge in [-0.2, -0.15) is 0 Å². The minimum atomic E-state index is -1.55. The summed E-state index contributed by atoms with van der Waals surface area (Å²) >= 11 is 0. The summed E-state index contributed by atoms with van der Waals surface area (Å²) in [5.74, 6) is -1.65. The Labute approximate surface area is 87.5 Å². The van der Waals surface area contributed by atoms with E-state index >= 15 is 0 Å². The lowest BCUT2D eigenvalue weighted by Gasteiger charge is -2.37. The van der Waals surface area contributed by atoms with Crippen LogP contribution >= 0.6 is 0 Å². The number of aliphatic carboxylic acids is 1. The first-order valence-corrected chi connectivity index (χ1v) is 4.89. The van der Waals surface area contributed by atoms with Crippen LogP contribution in [0.5, 0.6) is 0 Å². The maximum Gasteiger partial charge on any atom is 0.334 e. The number of carbonyl (C=O) groups excluding carboxylic acids is 1. The molecule has 1 atom stereocenters. The van der Waals surface area contributed by atoms with Crippen molar-refractivity contribution in [3.05, 3.63) is 0 Å². The summed E-state index contributed by atoms with van der Waals surface area (Å²) in [7, 11) is 0. The van der Waals surface area contributed by atoms with Crippen LogP contribution in [0, 0.1) is 0 Å². The fraction of sp³-hybridized carbons (Fsp3) is 0.778. The lowest BCUT2D eigenvalue weighted by Crippen LogP contribution is -2.50. The van der Waals surface area contributed by atoms with Crippen molar-refractivity contribution in [3.8, 4) is 0 Å². The lowest BCUT2D eigenvalue weighted by atomic mass is 9.75. The first-order chi connectivity index (χ1) is 6.93. The van der Waals surface area contributed by atoms with Gasteiger partial charge in [-0.05, 0) is 19.3 Å². The van der Waals surface area contributed by atoms with Crippen LogP contribution in [0.15, 0.2) is 0 Å². The van der Waals surface area contributed by atoms with E-state index in [9.17, 15) is 9.59 Å². The third-order valence-electron chi connectivity index (χ3n) is 2.64. The molecule has 0 aromatic rings. The van der Waals surface area contributed by atoms with Crippen LogP contribution in [-0.2, 0) is 9.59 Å². The van der Waals surface area contributed by atoms with E-state index in [0.29, 0.717) is 0 Å². The highest BCUT2D eigenvalue weighted by Crippen LogP contribution is 2.31. The number of rotatable bonds is 5. The molecule has 0 radical (unpaired) electrons. The number of hydrogen-bond acceptors (Lipinski definition) is 4. The minimum Gasteiger partial charge on any atom is -0.479 e. The topological polar surface area (TPSA) is 113 Å². The second kappa shape index (κ2) is 4.59. The molecule has 1 saturated carbocycles. The van der Waals surface area contributed by atoms with E-state index in [2.05, 4.69) is 5.32 Å². The average molecular weight is 216 g/mol. The number of carbonyl (C=O) groups is 2. The van der Waals surface area contributed by atoms with Crippen LogP contribution in [0.1, 0.15) is 25.7 Å². The molecule has 0 spiro atoms. The van der Waals surface area contributed by atoms with E-state index in [1.54, 1.807) is 0 Å². The van der Waals surface area contributed by atoms with Gasteiger partial charge in [-0.15, -0.1) is 0 Å². The zero-order valence-electron chi connectivity index (χ0n) is 8.40. The van der Waals surface area contributed by atoms with Crippen molar-refractivity contribution in [2.45, 2.75) is 37.3 Å². The van der Waals surface area contributed by atoms with Gasteiger partial charge < -0.3 is 21.3 Å². The Morgan fingerprint density at radius 2 is 2.07 bits per heavy atom. The minimum absolute atomic E-state index is 0.194. The number of carboxylic acid groups (broad SMARTS) is 1. The molecule has 0 unspecified atom stereocenters. The SMILES string of the molecule is NC1(CC(=O)NC[C@H](O)C(=O)O)CCC1. The fourth-order valence-corrected chi connectivity index (χ4v) is 1.49. The molecule has 1 aliphatic rings. The molecule has 0 heterocycles. The number of aliphatic hydroxyl groups is 1. The first kappa shape index (κ1) is 11.9. The number of nitrogens with one attached hydrogen (secondary N) is 1. The fourth-order valence-electron chi connectivity index (χ4n) is 1.49. The molecule has 1 fully saturated rings. The summed E-state index contributed by atoms with van der Waals surface area (Å²) in [6.07, 6.45) is 1.31. The van der Waals surface area contributed by atoms with Gasteiger partial charge in [-0.3, -0.25) is 4.79 Å². The Hall–Kier alpha value is -1.14. The quantitative estimate of drug-likeness (QED) is 0.462. The van der Waals surface area contributed by atoms with Gasteiger partial charge in [-0.1, -0.05) is 0 Å². The summed E-state index contributed by atoms with van der Waals surface area (Å²) in [5, 5.41) is 19.6. The molecule has 1 aliphatic carbocycles. The Bertz CT molecular complexity index is 263. The van der Waals surface area contributed by atoms with Crippen molar-refractivity contribution in [1.29, 1.82) is 0 Å². The van der Waals surface area contributed by atoms with Gasteiger partial charge in [0, 0.05) is 12.0 Å². The molecule has 15 heavy (non-hydrogen) atoms. The Balaban J connectivity index is 2.21. The molecule has 6 heteroatoms. The van der Waals surface area contributed by atoms with Crippen molar-refractivity contribution < 1.29 is 19.8 Å². The van der Waals surface area contributed by atoms with Crippen molar-refractivity contribution in [1.82, 2.24) is 5.32 Å². The van der Waals surface area contributed by atoms with E-state index in [1.165, 1.54) is 0 Å². The van der Waals surface area contributed by atoms with Crippen LogP contribution in [-0.4, -0.2) is 40.3 Å². The second-order valence-corrected chi connectivity index (χ2v) is 4.05. The summed E-state index contributed by atoms with van der Waals surface area (Å²) in [4.78, 5) is 21.5. The highest BCUT2D eigenvalue weighted by atomic mass is 16.4. The van der Waals surface area contributed by atoms with Crippen LogP contribution in [0.3, 0.4) is 0 Å². The van der Waals surface area contributed by atoms with Gasteiger partial charge in [0.15, 0.2) is 6.10 Å². The predicted molar refractivity (Wildman–Crippen MR) is 52.0 cm³/mol. The normalized spacial score (nSPS) is 20.1. The maximum absolute atomic E-state index is 11.3. The summed E-state index contributed by atoms with van der Waals surface area (Å²) in [6, 6.07) is 0. The smallest absolute Gasteiger partial charge is 0.334 e. The van der Waals surface area contributed by atoms with Crippen molar-refractivity contribution in [3.63, 3.8) is 0 Å². The van der Waals surface area contributed by atoms with Gasteiger partial charge >= 0.3 is 5.97 Å². The van der Waals surface area contributed by atoms with E-state index in [1.807, 2.05) is 0 Å². The summed E-state index contributed by atoms with van der Waals surface area (Å²) < 4.78 is 0. The van der Waals surface area contributed by atoms with E-state index in [-0.39, 0.29) is 18.9 Å². The number of nitrogens with two attached hydrogens (primary N) is 1. The van der Waals surface area contributed by atoms with Gasteiger partial charge in [0.05, 0.1) is 6.54 Å². The van der Waals surface area contributed by atoms with Crippen molar-refractivity contribution in [2.75, 3.05) is 6.54 Å². The van der Waals surface area contributed by atoms with Crippen molar-refractivity contribution >= 4 is 11.9 Å². The molecule has 0 aromatic carbocycles. The van der Waals surface area contributed by atoms with E-state index < -0.39 is 17.6 Å². The predicted octanol–water partition coefficient (Wildman–Crippen LogP) is -1.18. The number of aliphatic hydroxyl groups excluding tert-OH is 1. The highest BCUT2D eigenvalue weighted by molar-refractivity contribution is 5.79. The summed E-state index contributed by atoms with van der Waals surface area (Å²) in [5.41, 5.74) is 5.41. The average Bonchev–Trinajstić information content (AvgIpc) is 2.11. The zero-order chi connectivity index (χ0) is 11.5. The highest BCUT2D eigenvalue weighted by Gasteiger charge is 2.34. The van der Waals surface area contributed by atoms with Crippen LogP contribution in [0.25, 0.3) is 0 Å². The zero-order valence-corrected chi connectivity index (χ0v) is 8.40. The first-order valence-electron chi connectivity index (χ1n) is 4.89. The maximum atomic E-state index is 11.3. The molecule has 5 N–H and O–H groups in total. The molecule has 1 amide bonds. The molecular formula is C9H16N2O4. The van der Waals surface area contributed by atoms with Gasteiger partial charge in [0.2, 0.25) is 5.91 Å². The Morgan fingerprint density at radius 3 is 2.47 bits per heavy atom. The third kappa shape index (κ3) is 3.49. The second-order valence-electron chi connectivity index (χ2n) is 4.05. The number of carboxylic acids is 1. The number of amides is 1. The van der Waals surface area contributed by atoms with Crippen molar-refractivity contribution in [2.24, 2.45) is 5.73 Å². The lowest BCUT2D eigenvalue weighted by molar-refractivity contribution is -0.146. The molecule has 86 valence electrons. The third-order valence-corrected chi connectivity index (χ3v) is 2.64. The largest absolute Gasteiger partial charge is 0.479 e. The molecule has 0 aromatic heterocycles. The number of hydrogen-bond donors (Lipinski definition) is 4. The standard InChI is InChI=1S/C9H16N2O4/c10-9(2-1-3-9)4-7(13)11-5-6(12)8(14)15/h6,12H,1-5,10H2,(H,11,13)(H,14,15)/t6-/m0/s1. The molecule has 6 nitrogen and oxygen atoms in total. The molecule has 0 bridgehead atoms. The van der Waals surface area contributed by atoms with E-state index in [0.717, 1.165) is 19.3 Å². The van der Waals surface area contributed by atoms with Gasteiger partial charge in [0.25, 0.3) is 0 Å². The van der Waals surface area contributed by atoms with Crippen LogP contribution in [0.4, 0.5) is 0 Å². The van der Waals surface area contributed by atoms with Crippen LogP contribution in [0.2, 0.25) is 0 Å². The monoisotopic (exact) mass is 216 g/mol. The molecule has 0 saturated heterocycles. The molecular weight excluding hydrogens is 200 g/mol.